The summed E-state index contributed by atoms with van der Waals surface area (Å²) in [6, 6.07) is 9.29. The van der Waals surface area contributed by atoms with E-state index in [9.17, 15) is 4.79 Å². The molecule has 0 bridgehead atoms. The maximum atomic E-state index is 12.6. The summed E-state index contributed by atoms with van der Waals surface area (Å²) in [7, 11) is 0. The summed E-state index contributed by atoms with van der Waals surface area (Å²) in [5, 5.41) is 6.68. The SMILES string of the molecule is CC1CC(NC(=O)C2CCN(c3nc4ccccc4o3)CC2)CCN1.Cl.Cl. The second-order valence-electron chi connectivity index (χ2n) is 7.31. The van der Waals surface area contributed by atoms with E-state index in [0.29, 0.717) is 18.1 Å². The van der Waals surface area contributed by atoms with Gasteiger partial charge in [-0.15, -0.1) is 24.8 Å². The maximum absolute atomic E-state index is 12.6. The number of fused-ring (bicyclic) bond motifs is 1. The molecule has 4 rings (SSSR count). The molecule has 150 valence electrons. The van der Waals surface area contributed by atoms with Crippen LogP contribution >= 0.6 is 24.8 Å². The van der Waals surface area contributed by atoms with Crippen molar-refractivity contribution in [3.05, 3.63) is 24.3 Å². The molecule has 2 aliphatic heterocycles. The lowest BCUT2D eigenvalue weighted by atomic mass is 9.94. The monoisotopic (exact) mass is 414 g/mol. The summed E-state index contributed by atoms with van der Waals surface area (Å²) in [5.74, 6) is 0.321. The predicted molar refractivity (Wildman–Crippen MR) is 112 cm³/mol. The maximum Gasteiger partial charge on any atom is 0.298 e. The minimum Gasteiger partial charge on any atom is -0.423 e. The average molecular weight is 415 g/mol. The molecule has 0 saturated carbocycles. The van der Waals surface area contributed by atoms with Crippen molar-refractivity contribution in [2.24, 2.45) is 5.92 Å². The van der Waals surface area contributed by atoms with Gasteiger partial charge in [-0.1, -0.05) is 12.1 Å². The average Bonchev–Trinajstić information content (AvgIpc) is 3.06. The Kier molecular flexibility index (Phi) is 7.77. The van der Waals surface area contributed by atoms with E-state index in [1.165, 1.54) is 0 Å². The van der Waals surface area contributed by atoms with Crippen molar-refractivity contribution >= 4 is 47.8 Å². The molecule has 27 heavy (non-hydrogen) atoms. The van der Waals surface area contributed by atoms with Gasteiger partial charge in [-0.3, -0.25) is 4.79 Å². The van der Waals surface area contributed by atoms with Gasteiger partial charge in [-0.05, 0) is 51.3 Å². The third-order valence-electron chi connectivity index (χ3n) is 5.39. The highest BCUT2D eigenvalue weighted by Crippen LogP contribution is 2.26. The Hall–Kier alpha value is -1.50. The zero-order valence-electron chi connectivity index (χ0n) is 15.5. The lowest BCUT2D eigenvalue weighted by Gasteiger charge is -2.33. The number of piperidine rings is 2. The van der Waals surface area contributed by atoms with Crippen LogP contribution < -0.4 is 15.5 Å². The highest BCUT2D eigenvalue weighted by Gasteiger charge is 2.29. The van der Waals surface area contributed by atoms with Gasteiger partial charge in [-0.25, -0.2) is 0 Å². The number of hydrogen-bond acceptors (Lipinski definition) is 5. The van der Waals surface area contributed by atoms with Gasteiger partial charge in [0.1, 0.15) is 5.52 Å². The number of carbonyl (C=O) groups excluding carboxylic acids is 1. The fraction of sp³-hybridized carbons (Fsp3) is 0.579. The smallest absolute Gasteiger partial charge is 0.298 e. The second-order valence-corrected chi connectivity index (χ2v) is 7.31. The number of anilines is 1. The highest BCUT2D eigenvalue weighted by atomic mass is 35.5. The van der Waals surface area contributed by atoms with E-state index in [-0.39, 0.29) is 36.6 Å². The Bertz CT molecular complexity index is 713. The molecule has 6 nitrogen and oxygen atoms in total. The number of rotatable bonds is 3. The van der Waals surface area contributed by atoms with Crippen molar-refractivity contribution in [3.8, 4) is 0 Å². The molecule has 8 heteroatoms. The lowest BCUT2D eigenvalue weighted by molar-refractivity contribution is -0.126. The lowest BCUT2D eigenvalue weighted by Crippen LogP contribution is -2.49. The molecule has 2 fully saturated rings. The van der Waals surface area contributed by atoms with Gasteiger partial charge < -0.3 is 20.0 Å². The molecular formula is C19H28Cl2N4O2. The van der Waals surface area contributed by atoms with Gasteiger partial charge >= 0.3 is 0 Å². The summed E-state index contributed by atoms with van der Waals surface area (Å²) < 4.78 is 5.84. The number of benzene rings is 1. The minimum absolute atomic E-state index is 0. The van der Waals surface area contributed by atoms with E-state index in [2.05, 4.69) is 27.4 Å². The number of amides is 1. The number of para-hydroxylation sites is 2. The summed E-state index contributed by atoms with van der Waals surface area (Å²) in [6.07, 6.45) is 3.75. The first kappa shape index (κ1) is 21.8. The normalized spacial score (nSPS) is 23.4. The molecule has 3 heterocycles. The van der Waals surface area contributed by atoms with Crippen LogP contribution in [0.15, 0.2) is 28.7 Å². The Morgan fingerprint density at radius 2 is 1.96 bits per heavy atom. The molecule has 2 unspecified atom stereocenters. The fourth-order valence-corrected chi connectivity index (χ4v) is 3.91. The molecular weight excluding hydrogens is 387 g/mol. The highest BCUT2D eigenvalue weighted by molar-refractivity contribution is 5.85. The van der Waals surface area contributed by atoms with Crippen LogP contribution in [0.4, 0.5) is 6.01 Å². The minimum atomic E-state index is 0. The topological polar surface area (TPSA) is 70.4 Å². The molecule has 1 aromatic carbocycles. The van der Waals surface area contributed by atoms with E-state index in [1.807, 2.05) is 24.3 Å². The van der Waals surface area contributed by atoms with Gasteiger partial charge in [0.15, 0.2) is 5.58 Å². The van der Waals surface area contributed by atoms with Gasteiger partial charge in [0.05, 0.1) is 0 Å². The molecule has 2 N–H and O–H groups in total. The number of halogens is 2. The van der Waals surface area contributed by atoms with Crippen LogP contribution in [0, 0.1) is 5.92 Å². The van der Waals surface area contributed by atoms with E-state index in [4.69, 9.17) is 4.42 Å². The van der Waals surface area contributed by atoms with Crippen LogP contribution in [0.1, 0.15) is 32.6 Å². The van der Waals surface area contributed by atoms with Crippen LogP contribution in [0.25, 0.3) is 11.1 Å². The van der Waals surface area contributed by atoms with Gasteiger partial charge in [0.2, 0.25) is 5.91 Å². The van der Waals surface area contributed by atoms with E-state index >= 15 is 0 Å². The summed E-state index contributed by atoms with van der Waals surface area (Å²) in [5.41, 5.74) is 1.70. The Morgan fingerprint density at radius 1 is 1.22 bits per heavy atom. The number of nitrogens with one attached hydrogen (secondary N) is 2. The largest absolute Gasteiger partial charge is 0.423 e. The van der Waals surface area contributed by atoms with Crippen LogP contribution in [0.5, 0.6) is 0 Å². The summed E-state index contributed by atoms with van der Waals surface area (Å²) in [6.45, 7) is 4.79. The zero-order valence-corrected chi connectivity index (χ0v) is 17.2. The van der Waals surface area contributed by atoms with Crippen molar-refractivity contribution < 1.29 is 9.21 Å². The summed E-state index contributed by atoms with van der Waals surface area (Å²) in [4.78, 5) is 19.3. The second kappa shape index (κ2) is 9.62. The third kappa shape index (κ3) is 5.06. The summed E-state index contributed by atoms with van der Waals surface area (Å²) >= 11 is 0. The molecule has 1 aromatic heterocycles. The van der Waals surface area contributed by atoms with Crippen molar-refractivity contribution in [2.45, 2.75) is 44.7 Å². The van der Waals surface area contributed by atoms with Crippen molar-refractivity contribution in [1.82, 2.24) is 15.6 Å². The predicted octanol–water partition coefficient (Wildman–Crippen LogP) is 3.14. The fourth-order valence-electron chi connectivity index (χ4n) is 3.91. The molecule has 0 radical (unpaired) electrons. The van der Waals surface area contributed by atoms with Crippen molar-refractivity contribution in [3.63, 3.8) is 0 Å². The first-order valence-electron chi connectivity index (χ1n) is 9.33. The molecule has 0 spiro atoms. The number of nitrogens with zero attached hydrogens (tertiary/aromatic N) is 2. The van der Waals surface area contributed by atoms with Crippen LogP contribution in [-0.4, -0.2) is 42.6 Å². The first-order chi connectivity index (χ1) is 12.2. The number of hydrogen-bond donors (Lipinski definition) is 2. The van der Waals surface area contributed by atoms with Crippen molar-refractivity contribution in [2.75, 3.05) is 24.5 Å². The van der Waals surface area contributed by atoms with Gasteiger partial charge in [0, 0.05) is 31.1 Å². The molecule has 0 aliphatic carbocycles. The van der Waals surface area contributed by atoms with Crippen LogP contribution in [0.3, 0.4) is 0 Å². The number of oxazole rings is 1. The molecule has 2 atom stereocenters. The van der Waals surface area contributed by atoms with E-state index < -0.39 is 0 Å². The molecule has 1 amide bonds. The van der Waals surface area contributed by atoms with E-state index in [0.717, 1.165) is 56.4 Å². The molecule has 2 aromatic rings. The van der Waals surface area contributed by atoms with Crippen molar-refractivity contribution in [1.29, 1.82) is 0 Å². The number of carbonyl (C=O) groups is 1. The Morgan fingerprint density at radius 3 is 2.67 bits per heavy atom. The van der Waals surface area contributed by atoms with Crippen LogP contribution in [0.2, 0.25) is 0 Å². The third-order valence-corrected chi connectivity index (χ3v) is 5.39. The van der Waals surface area contributed by atoms with Gasteiger partial charge in [-0.2, -0.15) is 4.98 Å². The standard InChI is InChI=1S/C19H26N4O2.2ClH/c1-13-12-15(6-9-20-13)21-18(24)14-7-10-23(11-8-14)19-22-16-4-2-3-5-17(16)25-19;;/h2-5,13-15,20H,6-12H2,1H3,(H,21,24);2*1H. The zero-order chi connectivity index (χ0) is 17.2. The number of aromatic nitrogens is 1. The van der Waals surface area contributed by atoms with E-state index in [1.54, 1.807) is 0 Å². The quantitative estimate of drug-likeness (QED) is 0.806. The van der Waals surface area contributed by atoms with Crippen LogP contribution in [-0.2, 0) is 4.79 Å². The first-order valence-corrected chi connectivity index (χ1v) is 9.33. The van der Waals surface area contributed by atoms with Gasteiger partial charge in [0.25, 0.3) is 6.01 Å². The molecule has 2 aliphatic rings. The molecule has 2 saturated heterocycles. The Balaban J connectivity index is 0.00000131. The Labute approximate surface area is 172 Å².